The standard InChI is InChI=1S/C7H13NO3/c1-2-4-5(9)3-8-6(4)7(10)11/h4-6,8-9H,2-3H2,1H3,(H,10,11). The maximum absolute atomic E-state index is 10.5. The molecule has 0 aromatic heterocycles. The first-order valence-electron chi connectivity index (χ1n) is 3.81. The summed E-state index contributed by atoms with van der Waals surface area (Å²) in [4.78, 5) is 10.5. The number of carboxylic acids is 1. The Labute approximate surface area is 65.2 Å². The summed E-state index contributed by atoms with van der Waals surface area (Å²) in [6.07, 6.45) is 0.201. The van der Waals surface area contributed by atoms with Gasteiger partial charge in [-0.05, 0) is 6.42 Å². The summed E-state index contributed by atoms with van der Waals surface area (Å²) in [5, 5.41) is 20.7. The highest BCUT2D eigenvalue weighted by Crippen LogP contribution is 2.19. The average molecular weight is 159 g/mol. The van der Waals surface area contributed by atoms with Crippen molar-refractivity contribution >= 4 is 5.97 Å². The first kappa shape index (κ1) is 8.49. The van der Waals surface area contributed by atoms with Crippen LogP contribution in [-0.2, 0) is 4.79 Å². The number of β-amino-alcohol motifs (C(OH)–C–C–N with tert-alkyl or cyclic N) is 1. The fourth-order valence-corrected chi connectivity index (χ4v) is 1.55. The Morgan fingerprint density at radius 3 is 2.73 bits per heavy atom. The van der Waals surface area contributed by atoms with Crippen LogP contribution in [0, 0.1) is 5.92 Å². The van der Waals surface area contributed by atoms with E-state index in [1.54, 1.807) is 0 Å². The van der Waals surface area contributed by atoms with E-state index in [9.17, 15) is 9.90 Å². The molecule has 4 nitrogen and oxygen atoms in total. The van der Waals surface area contributed by atoms with E-state index in [0.717, 1.165) is 0 Å². The molecule has 0 aromatic carbocycles. The molecule has 1 fully saturated rings. The molecule has 1 saturated heterocycles. The highest BCUT2D eigenvalue weighted by Gasteiger charge is 2.37. The summed E-state index contributed by atoms with van der Waals surface area (Å²) >= 11 is 0. The molecule has 11 heavy (non-hydrogen) atoms. The average Bonchev–Trinajstić information content (AvgIpc) is 2.30. The molecule has 4 heteroatoms. The zero-order valence-electron chi connectivity index (χ0n) is 6.45. The van der Waals surface area contributed by atoms with E-state index in [1.807, 2.05) is 6.92 Å². The molecular formula is C7H13NO3. The number of hydrogen-bond donors (Lipinski definition) is 3. The molecule has 1 heterocycles. The lowest BCUT2D eigenvalue weighted by atomic mass is 9.96. The molecule has 64 valence electrons. The third-order valence-electron chi connectivity index (χ3n) is 2.21. The summed E-state index contributed by atoms with van der Waals surface area (Å²) < 4.78 is 0. The van der Waals surface area contributed by atoms with Gasteiger partial charge in [0.25, 0.3) is 0 Å². The number of nitrogens with one attached hydrogen (secondary N) is 1. The number of aliphatic hydroxyl groups is 1. The van der Waals surface area contributed by atoms with E-state index in [0.29, 0.717) is 13.0 Å². The highest BCUT2D eigenvalue weighted by molar-refractivity contribution is 5.74. The van der Waals surface area contributed by atoms with Crippen molar-refractivity contribution in [2.45, 2.75) is 25.5 Å². The molecule has 3 unspecified atom stereocenters. The predicted octanol–water partition coefficient (Wildman–Crippen LogP) is -0.570. The largest absolute Gasteiger partial charge is 0.480 e. The van der Waals surface area contributed by atoms with E-state index >= 15 is 0 Å². The van der Waals surface area contributed by atoms with E-state index in [4.69, 9.17) is 5.11 Å². The van der Waals surface area contributed by atoms with Crippen LogP contribution < -0.4 is 5.32 Å². The monoisotopic (exact) mass is 159 g/mol. The van der Waals surface area contributed by atoms with Gasteiger partial charge in [-0.3, -0.25) is 4.79 Å². The van der Waals surface area contributed by atoms with Crippen LogP contribution in [-0.4, -0.2) is 34.9 Å². The van der Waals surface area contributed by atoms with Crippen LogP contribution in [0.1, 0.15) is 13.3 Å². The van der Waals surface area contributed by atoms with Crippen LogP contribution in [0.5, 0.6) is 0 Å². The molecular weight excluding hydrogens is 146 g/mol. The van der Waals surface area contributed by atoms with Crippen LogP contribution in [0.2, 0.25) is 0 Å². The molecule has 0 bridgehead atoms. The lowest BCUT2D eigenvalue weighted by Crippen LogP contribution is -2.35. The smallest absolute Gasteiger partial charge is 0.321 e. The summed E-state index contributed by atoms with van der Waals surface area (Å²) in [6.45, 7) is 2.28. The second-order valence-corrected chi connectivity index (χ2v) is 2.86. The zero-order valence-corrected chi connectivity index (χ0v) is 6.45. The van der Waals surface area contributed by atoms with Crippen LogP contribution in [0.25, 0.3) is 0 Å². The van der Waals surface area contributed by atoms with E-state index in [-0.39, 0.29) is 5.92 Å². The summed E-state index contributed by atoms with van der Waals surface area (Å²) in [6, 6.07) is -0.560. The Bertz CT molecular complexity index is 160. The van der Waals surface area contributed by atoms with Gasteiger partial charge in [-0.1, -0.05) is 6.92 Å². The summed E-state index contributed by atoms with van der Waals surface area (Å²) in [7, 11) is 0. The predicted molar refractivity (Wildman–Crippen MR) is 39.2 cm³/mol. The third-order valence-corrected chi connectivity index (χ3v) is 2.21. The van der Waals surface area contributed by atoms with Gasteiger partial charge in [0.05, 0.1) is 6.10 Å². The number of rotatable bonds is 2. The highest BCUT2D eigenvalue weighted by atomic mass is 16.4. The summed E-state index contributed by atoms with van der Waals surface area (Å²) in [5.41, 5.74) is 0. The van der Waals surface area contributed by atoms with Gasteiger partial charge in [0.2, 0.25) is 0 Å². The molecule has 0 radical (unpaired) electrons. The quantitative estimate of drug-likeness (QED) is 0.504. The van der Waals surface area contributed by atoms with Gasteiger partial charge in [-0.25, -0.2) is 0 Å². The topological polar surface area (TPSA) is 69.6 Å². The van der Waals surface area contributed by atoms with Crippen LogP contribution in [0.15, 0.2) is 0 Å². The number of carboxylic acid groups (broad SMARTS) is 1. The first-order valence-corrected chi connectivity index (χ1v) is 3.81. The van der Waals surface area contributed by atoms with E-state index in [1.165, 1.54) is 0 Å². The molecule has 0 aromatic rings. The van der Waals surface area contributed by atoms with Crippen molar-refractivity contribution in [3.63, 3.8) is 0 Å². The van der Waals surface area contributed by atoms with Crippen molar-refractivity contribution in [3.8, 4) is 0 Å². The van der Waals surface area contributed by atoms with Crippen molar-refractivity contribution in [1.82, 2.24) is 5.32 Å². The van der Waals surface area contributed by atoms with Crippen molar-refractivity contribution < 1.29 is 15.0 Å². The number of aliphatic carboxylic acids is 1. The van der Waals surface area contributed by atoms with Gasteiger partial charge in [0.15, 0.2) is 0 Å². The van der Waals surface area contributed by atoms with Crippen LogP contribution >= 0.6 is 0 Å². The lowest BCUT2D eigenvalue weighted by molar-refractivity contribution is -0.140. The van der Waals surface area contributed by atoms with Crippen LogP contribution in [0.3, 0.4) is 0 Å². The minimum Gasteiger partial charge on any atom is -0.480 e. The Hall–Kier alpha value is -0.610. The molecule has 0 amide bonds. The van der Waals surface area contributed by atoms with E-state index in [2.05, 4.69) is 5.32 Å². The first-order chi connectivity index (χ1) is 5.16. The minimum atomic E-state index is -0.867. The minimum absolute atomic E-state index is 0.132. The number of aliphatic hydroxyl groups excluding tert-OH is 1. The zero-order chi connectivity index (χ0) is 8.43. The Morgan fingerprint density at radius 1 is 1.73 bits per heavy atom. The van der Waals surface area contributed by atoms with Gasteiger partial charge < -0.3 is 15.5 Å². The summed E-state index contributed by atoms with van der Waals surface area (Å²) in [5.74, 6) is -0.999. The van der Waals surface area contributed by atoms with Gasteiger partial charge in [0.1, 0.15) is 6.04 Å². The number of carbonyl (C=O) groups is 1. The van der Waals surface area contributed by atoms with Crippen molar-refractivity contribution in [3.05, 3.63) is 0 Å². The fraction of sp³-hybridized carbons (Fsp3) is 0.857. The Kier molecular flexibility index (Phi) is 2.46. The van der Waals surface area contributed by atoms with Crippen LogP contribution in [0.4, 0.5) is 0 Å². The molecule has 0 aliphatic carbocycles. The Balaban J connectivity index is 2.61. The molecule has 1 rings (SSSR count). The lowest BCUT2D eigenvalue weighted by Gasteiger charge is -2.14. The van der Waals surface area contributed by atoms with Gasteiger partial charge >= 0.3 is 5.97 Å². The molecule has 1 aliphatic heterocycles. The molecule has 0 spiro atoms. The van der Waals surface area contributed by atoms with Gasteiger partial charge in [-0.2, -0.15) is 0 Å². The fourth-order valence-electron chi connectivity index (χ4n) is 1.55. The number of hydrogen-bond acceptors (Lipinski definition) is 3. The molecule has 3 atom stereocenters. The second-order valence-electron chi connectivity index (χ2n) is 2.86. The maximum atomic E-state index is 10.5. The van der Waals surface area contributed by atoms with Gasteiger partial charge in [-0.15, -0.1) is 0 Å². The molecule has 3 N–H and O–H groups in total. The molecule has 0 saturated carbocycles. The van der Waals surface area contributed by atoms with Crippen molar-refractivity contribution in [1.29, 1.82) is 0 Å². The maximum Gasteiger partial charge on any atom is 0.321 e. The normalized spacial score (nSPS) is 37.5. The third kappa shape index (κ3) is 1.52. The van der Waals surface area contributed by atoms with Crippen molar-refractivity contribution in [2.24, 2.45) is 5.92 Å². The Morgan fingerprint density at radius 2 is 2.36 bits per heavy atom. The molecule has 1 aliphatic rings. The van der Waals surface area contributed by atoms with Gasteiger partial charge in [0, 0.05) is 12.5 Å². The van der Waals surface area contributed by atoms with Crippen molar-refractivity contribution in [2.75, 3.05) is 6.54 Å². The second kappa shape index (κ2) is 3.19. The SMILES string of the molecule is CCC1C(O)CNC1C(=O)O. The van der Waals surface area contributed by atoms with E-state index < -0.39 is 18.1 Å².